The quantitative estimate of drug-likeness (QED) is 0.585. The van der Waals surface area contributed by atoms with Crippen LogP contribution in [0.4, 0.5) is 0 Å². The number of amidine groups is 1. The third-order valence-corrected chi connectivity index (χ3v) is 4.96. The molecule has 2 aromatic rings. The van der Waals surface area contributed by atoms with E-state index in [2.05, 4.69) is 9.38 Å². The summed E-state index contributed by atoms with van der Waals surface area (Å²) in [4.78, 5) is 5.98. The fraction of sp³-hybridized carbons (Fsp3) is 0.368. The van der Waals surface area contributed by atoms with E-state index in [0.29, 0.717) is 12.3 Å². The minimum atomic E-state index is -3.86. The molecule has 134 valence electrons. The van der Waals surface area contributed by atoms with Crippen molar-refractivity contribution in [3.63, 3.8) is 0 Å². The van der Waals surface area contributed by atoms with E-state index in [4.69, 9.17) is 0 Å². The molecule has 2 rings (SSSR count). The summed E-state index contributed by atoms with van der Waals surface area (Å²) in [6.07, 6.45) is 1.91. The first-order chi connectivity index (χ1) is 11.8. The number of hydrogen-bond acceptors (Lipinski definition) is 3. The van der Waals surface area contributed by atoms with E-state index in [1.807, 2.05) is 62.9 Å². The second-order valence-electron chi connectivity index (χ2n) is 6.41. The number of benzene rings is 1. The first kappa shape index (κ1) is 19.1. The van der Waals surface area contributed by atoms with Gasteiger partial charge in [-0.25, -0.2) is 4.98 Å². The standard InChI is InChI=1S/C19H25N3O2S/c1-15(2)22(16(3)4)18(14-17-10-6-5-7-11-17)21-25(23,24)19-12-8-9-13-20-19/h5-13,15-16H,14H2,1-4H3/b21-18-. The van der Waals surface area contributed by atoms with Gasteiger partial charge >= 0.3 is 10.0 Å². The van der Waals surface area contributed by atoms with Crippen LogP contribution in [0.1, 0.15) is 33.3 Å². The molecule has 0 unspecified atom stereocenters. The fourth-order valence-electron chi connectivity index (χ4n) is 2.83. The number of pyridine rings is 1. The molecule has 1 aromatic heterocycles. The van der Waals surface area contributed by atoms with Gasteiger partial charge in [-0.1, -0.05) is 36.4 Å². The van der Waals surface area contributed by atoms with Gasteiger partial charge in [0.15, 0.2) is 5.03 Å². The lowest BCUT2D eigenvalue weighted by molar-refractivity contribution is 0.288. The Kier molecular flexibility index (Phi) is 6.31. The minimum Gasteiger partial charge on any atom is -0.354 e. The van der Waals surface area contributed by atoms with Gasteiger partial charge in [-0.2, -0.15) is 8.42 Å². The van der Waals surface area contributed by atoms with E-state index < -0.39 is 10.0 Å². The van der Waals surface area contributed by atoms with Crippen LogP contribution in [-0.4, -0.2) is 36.2 Å². The fourth-order valence-corrected chi connectivity index (χ4v) is 3.80. The maximum atomic E-state index is 12.7. The molecular weight excluding hydrogens is 334 g/mol. The van der Waals surface area contributed by atoms with Crippen molar-refractivity contribution in [2.24, 2.45) is 4.40 Å². The molecule has 0 spiro atoms. The number of hydrogen-bond donors (Lipinski definition) is 0. The SMILES string of the molecule is CC(C)N(/C(Cc1ccccc1)=N\S(=O)(=O)c1ccccn1)C(C)C. The molecule has 0 saturated heterocycles. The normalized spacial score (nSPS) is 12.6. The van der Waals surface area contributed by atoms with Gasteiger partial charge in [-0.3, -0.25) is 0 Å². The van der Waals surface area contributed by atoms with Crippen LogP contribution in [0.2, 0.25) is 0 Å². The van der Waals surface area contributed by atoms with E-state index in [1.165, 1.54) is 12.3 Å². The summed E-state index contributed by atoms with van der Waals surface area (Å²) in [5, 5.41) is -0.0342. The number of rotatable bonds is 6. The van der Waals surface area contributed by atoms with Gasteiger partial charge in [0, 0.05) is 24.7 Å². The third-order valence-electron chi connectivity index (χ3n) is 3.74. The monoisotopic (exact) mass is 359 g/mol. The van der Waals surface area contributed by atoms with Crippen LogP contribution >= 0.6 is 0 Å². The highest BCUT2D eigenvalue weighted by molar-refractivity contribution is 7.90. The largest absolute Gasteiger partial charge is 0.354 e. The Bertz CT molecular complexity index is 793. The maximum absolute atomic E-state index is 12.7. The van der Waals surface area contributed by atoms with Crippen LogP contribution in [0.15, 0.2) is 64.2 Å². The topological polar surface area (TPSA) is 62.6 Å². The van der Waals surface area contributed by atoms with E-state index in [1.54, 1.807) is 12.1 Å². The molecule has 0 bridgehead atoms. The van der Waals surface area contributed by atoms with Crippen molar-refractivity contribution in [2.45, 2.75) is 51.2 Å². The molecule has 25 heavy (non-hydrogen) atoms. The Morgan fingerprint density at radius 3 is 2.12 bits per heavy atom. The second-order valence-corrected chi connectivity index (χ2v) is 7.96. The highest BCUT2D eigenvalue weighted by atomic mass is 32.2. The highest BCUT2D eigenvalue weighted by Gasteiger charge is 2.23. The molecule has 0 aliphatic rings. The van der Waals surface area contributed by atoms with Gasteiger partial charge in [0.2, 0.25) is 0 Å². The summed E-state index contributed by atoms with van der Waals surface area (Å²) in [5.74, 6) is 0.529. The van der Waals surface area contributed by atoms with Crippen LogP contribution in [0.3, 0.4) is 0 Å². The predicted molar refractivity (Wildman–Crippen MR) is 101 cm³/mol. The highest BCUT2D eigenvalue weighted by Crippen LogP contribution is 2.16. The Balaban J connectivity index is 2.50. The summed E-state index contributed by atoms with van der Waals surface area (Å²) in [6.45, 7) is 8.14. The van der Waals surface area contributed by atoms with Crippen molar-refractivity contribution in [3.05, 3.63) is 60.3 Å². The molecule has 0 saturated carbocycles. The van der Waals surface area contributed by atoms with Crippen LogP contribution < -0.4 is 0 Å². The molecule has 5 nitrogen and oxygen atoms in total. The van der Waals surface area contributed by atoms with Crippen molar-refractivity contribution in [1.29, 1.82) is 0 Å². The van der Waals surface area contributed by atoms with Gasteiger partial charge in [0.25, 0.3) is 0 Å². The van der Waals surface area contributed by atoms with Crippen molar-refractivity contribution in [2.75, 3.05) is 0 Å². The Morgan fingerprint density at radius 2 is 1.60 bits per heavy atom. The molecule has 0 aliphatic heterocycles. The average Bonchev–Trinajstić information content (AvgIpc) is 2.55. The molecule has 0 aliphatic carbocycles. The van der Waals surface area contributed by atoms with Crippen LogP contribution in [0.5, 0.6) is 0 Å². The van der Waals surface area contributed by atoms with Crippen molar-refractivity contribution < 1.29 is 8.42 Å². The van der Waals surface area contributed by atoms with Gasteiger partial charge in [0.05, 0.1) is 0 Å². The lowest BCUT2D eigenvalue weighted by Crippen LogP contribution is -2.43. The Hall–Kier alpha value is -2.21. The maximum Gasteiger partial charge on any atom is 0.301 e. The molecule has 6 heteroatoms. The van der Waals surface area contributed by atoms with Crippen LogP contribution in [0, 0.1) is 0 Å². The smallest absolute Gasteiger partial charge is 0.301 e. The van der Waals surface area contributed by atoms with Crippen molar-refractivity contribution >= 4 is 15.9 Å². The summed E-state index contributed by atoms with van der Waals surface area (Å²) in [6, 6.07) is 14.8. The molecule has 1 heterocycles. The molecule has 0 N–H and O–H groups in total. The van der Waals surface area contributed by atoms with Gasteiger partial charge in [-0.05, 0) is 45.4 Å². The molecule has 0 amide bonds. The van der Waals surface area contributed by atoms with Crippen molar-refractivity contribution in [3.8, 4) is 0 Å². The minimum absolute atomic E-state index is 0.0342. The third kappa shape index (κ3) is 5.13. The number of aromatic nitrogens is 1. The predicted octanol–water partition coefficient (Wildman–Crippen LogP) is 3.53. The lowest BCUT2D eigenvalue weighted by atomic mass is 10.1. The summed E-state index contributed by atoms with van der Waals surface area (Å²) in [7, 11) is -3.86. The zero-order valence-electron chi connectivity index (χ0n) is 15.1. The van der Waals surface area contributed by atoms with E-state index in [9.17, 15) is 8.42 Å². The number of sulfonamides is 1. The molecule has 0 radical (unpaired) electrons. The zero-order valence-corrected chi connectivity index (χ0v) is 15.9. The lowest BCUT2D eigenvalue weighted by Gasteiger charge is -2.34. The van der Waals surface area contributed by atoms with Gasteiger partial charge in [-0.15, -0.1) is 4.40 Å². The molecule has 1 aromatic carbocycles. The van der Waals surface area contributed by atoms with E-state index >= 15 is 0 Å². The van der Waals surface area contributed by atoms with Gasteiger partial charge < -0.3 is 4.90 Å². The van der Waals surface area contributed by atoms with Crippen molar-refractivity contribution in [1.82, 2.24) is 9.88 Å². The summed E-state index contributed by atoms with van der Waals surface area (Å²) < 4.78 is 29.6. The Labute approximate surface area is 150 Å². The first-order valence-electron chi connectivity index (χ1n) is 8.38. The Morgan fingerprint density at radius 1 is 1.00 bits per heavy atom. The van der Waals surface area contributed by atoms with Crippen LogP contribution in [-0.2, 0) is 16.4 Å². The zero-order chi connectivity index (χ0) is 18.4. The second kappa shape index (κ2) is 8.25. The van der Waals surface area contributed by atoms with E-state index in [0.717, 1.165) is 5.56 Å². The average molecular weight is 359 g/mol. The molecular formula is C19H25N3O2S. The summed E-state index contributed by atoms with van der Waals surface area (Å²) >= 11 is 0. The van der Waals surface area contributed by atoms with E-state index in [-0.39, 0.29) is 17.1 Å². The summed E-state index contributed by atoms with van der Waals surface area (Å²) in [5.41, 5.74) is 1.02. The number of nitrogens with zero attached hydrogens (tertiary/aromatic N) is 3. The van der Waals surface area contributed by atoms with Crippen LogP contribution in [0.25, 0.3) is 0 Å². The molecule has 0 atom stereocenters. The molecule has 0 fully saturated rings. The van der Waals surface area contributed by atoms with Gasteiger partial charge in [0.1, 0.15) is 5.84 Å². The first-order valence-corrected chi connectivity index (χ1v) is 9.82.